The number of rotatable bonds is 6. The highest BCUT2D eigenvalue weighted by atomic mass is 32.1. The molecule has 5 heteroatoms. The number of nitrogens with one attached hydrogen (secondary N) is 1. The fourth-order valence-electron chi connectivity index (χ4n) is 2.06. The highest BCUT2D eigenvalue weighted by Gasteiger charge is 2.11. The van der Waals surface area contributed by atoms with Gasteiger partial charge in [-0.15, -0.1) is 11.3 Å². The van der Waals surface area contributed by atoms with Crippen molar-refractivity contribution >= 4 is 22.9 Å². The number of carbonyl (C=O) groups excluding carboxylic acids is 1. The quantitative estimate of drug-likeness (QED) is 0.806. The second-order valence-corrected chi connectivity index (χ2v) is 6.32. The lowest BCUT2D eigenvalue weighted by molar-refractivity contribution is -0.121. The maximum Gasteiger partial charge on any atom is 0.220 e. The van der Waals surface area contributed by atoms with Crippen LogP contribution in [-0.2, 0) is 17.8 Å². The average molecular weight is 303 g/mol. The zero-order valence-electron chi connectivity index (χ0n) is 12.4. The van der Waals surface area contributed by atoms with Crippen LogP contribution in [0, 0.1) is 0 Å². The summed E-state index contributed by atoms with van der Waals surface area (Å²) in [6.45, 7) is 4.66. The van der Waals surface area contributed by atoms with Gasteiger partial charge in [-0.05, 0) is 30.0 Å². The summed E-state index contributed by atoms with van der Waals surface area (Å²) in [5.41, 5.74) is 7.54. The Bertz CT molecular complexity index is 592. The first-order valence-electron chi connectivity index (χ1n) is 7.14. The van der Waals surface area contributed by atoms with Gasteiger partial charge in [0, 0.05) is 23.2 Å². The first-order chi connectivity index (χ1) is 10.1. The van der Waals surface area contributed by atoms with E-state index in [1.54, 1.807) is 11.3 Å². The number of amides is 1. The minimum atomic E-state index is 0.0487. The molecule has 1 aromatic heterocycles. The summed E-state index contributed by atoms with van der Waals surface area (Å²) >= 11 is 1.65. The topological polar surface area (TPSA) is 68.0 Å². The maximum absolute atomic E-state index is 12.0. The number of nitrogens with zero attached hydrogens (tertiary/aromatic N) is 1. The molecule has 2 rings (SSSR count). The van der Waals surface area contributed by atoms with Crippen molar-refractivity contribution < 1.29 is 4.79 Å². The van der Waals surface area contributed by atoms with Crippen molar-refractivity contribution in [1.29, 1.82) is 0 Å². The van der Waals surface area contributed by atoms with Crippen LogP contribution in [0.2, 0.25) is 0 Å². The third-order valence-corrected chi connectivity index (χ3v) is 4.53. The molecule has 1 atom stereocenters. The SMILES string of the molecule is CCc1cnc(CNC(=O)CC(C)c2ccc(N)cc2)s1. The van der Waals surface area contributed by atoms with E-state index in [0.29, 0.717) is 13.0 Å². The Kier molecular flexibility index (Phi) is 5.33. The molecule has 112 valence electrons. The summed E-state index contributed by atoms with van der Waals surface area (Å²) in [4.78, 5) is 17.5. The van der Waals surface area contributed by atoms with E-state index >= 15 is 0 Å². The molecule has 21 heavy (non-hydrogen) atoms. The summed E-state index contributed by atoms with van der Waals surface area (Å²) in [6.07, 6.45) is 3.33. The van der Waals surface area contributed by atoms with Crippen LogP contribution in [-0.4, -0.2) is 10.9 Å². The second-order valence-electron chi connectivity index (χ2n) is 5.12. The molecule has 0 aliphatic rings. The molecule has 0 bridgehead atoms. The summed E-state index contributed by atoms with van der Waals surface area (Å²) in [5, 5.41) is 3.89. The van der Waals surface area contributed by atoms with Crippen LogP contribution in [0.1, 0.15) is 41.6 Å². The number of aromatic nitrogens is 1. The Morgan fingerprint density at radius 2 is 2.10 bits per heavy atom. The average Bonchev–Trinajstić information content (AvgIpc) is 2.94. The molecule has 0 aliphatic carbocycles. The monoisotopic (exact) mass is 303 g/mol. The van der Waals surface area contributed by atoms with Crippen molar-refractivity contribution in [2.24, 2.45) is 0 Å². The predicted octanol–water partition coefficient (Wildman–Crippen LogP) is 3.10. The van der Waals surface area contributed by atoms with E-state index < -0.39 is 0 Å². The van der Waals surface area contributed by atoms with Crippen LogP contribution in [0.15, 0.2) is 30.5 Å². The molecule has 2 aromatic rings. The van der Waals surface area contributed by atoms with E-state index in [4.69, 9.17) is 5.73 Å². The van der Waals surface area contributed by atoms with Gasteiger partial charge in [0.05, 0.1) is 6.54 Å². The van der Waals surface area contributed by atoms with Gasteiger partial charge < -0.3 is 11.1 Å². The smallest absolute Gasteiger partial charge is 0.220 e. The molecule has 1 heterocycles. The molecular formula is C16H21N3OS. The van der Waals surface area contributed by atoms with Crippen molar-refractivity contribution in [2.75, 3.05) is 5.73 Å². The number of nitrogens with two attached hydrogens (primary N) is 1. The summed E-state index contributed by atoms with van der Waals surface area (Å²) < 4.78 is 0. The van der Waals surface area contributed by atoms with E-state index in [2.05, 4.69) is 17.2 Å². The Labute approximate surface area is 129 Å². The van der Waals surface area contributed by atoms with Gasteiger partial charge in [0.2, 0.25) is 5.91 Å². The van der Waals surface area contributed by atoms with Crippen molar-refractivity contribution in [3.05, 3.63) is 45.9 Å². The van der Waals surface area contributed by atoms with E-state index in [0.717, 1.165) is 22.7 Å². The van der Waals surface area contributed by atoms with Crippen LogP contribution in [0.3, 0.4) is 0 Å². The number of aryl methyl sites for hydroxylation is 1. The lowest BCUT2D eigenvalue weighted by atomic mass is 9.97. The fraction of sp³-hybridized carbons (Fsp3) is 0.375. The zero-order valence-corrected chi connectivity index (χ0v) is 13.2. The molecule has 0 saturated heterocycles. The largest absolute Gasteiger partial charge is 0.399 e. The Morgan fingerprint density at radius 1 is 1.38 bits per heavy atom. The number of thiazole rings is 1. The number of hydrogen-bond donors (Lipinski definition) is 2. The molecule has 0 fully saturated rings. The van der Waals surface area contributed by atoms with Gasteiger partial charge in [0.1, 0.15) is 5.01 Å². The van der Waals surface area contributed by atoms with Crippen molar-refractivity contribution in [2.45, 2.75) is 39.2 Å². The van der Waals surface area contributed by atoms with Crippen molar-refractivity contribution in [1.82, 2.24) is 10.3 Å². The van der Waals surface area contributed by atoms with Crippen LogP contribution in [0.25, 0.3) is 0 Å². The summed E-state index contributed by atoms with van der Waals surface area (Å²) in [6, 6.07) is 7.68. The minimum Gasteiger partial charge on any atom is -0.399 e. The van der Waals surface area contributed by atoms with E-state index in [1.165, 1.54) is 4.88 Å². The van der Waals surface area contributed by atoms with E-state index in [1.807, 2.05) is 37.4 Å². The van der Waals surface area contributed by atoms with Crippen LogP contribution in [0.5, 0.6) is 0 Å². The number of hydrogen-bond acceptors (Lipinski definition) is 4. The molecule has 1 amide bonds. The predicted molar refractivity (Wildman–Crippen MR) is 87.2 cm³/mol. The summed E-state index contributed by atoms with van der Waals surface area (Å²) in [7, 11) is 0. The summed E-state index contributed by atoms with van der Waals surface area (Å²) in [5.74, 6) is 0.223. The second kappa shape index (κ2) is 7.22. The maximum atomic E-state index is 12.0. The number of carbonyl (C=O) groups is 1. The first kappa shape index (κ1) is 15.5. The molecule has 0 saturated carbocycles. The van der Waals surface area contributed by atoms with Gasteiger partial charge in [-0.25, -0.2) is 4.98 Å². The lowest BCUT2D eigenvalue weighted by Gasteiger charge is -2.11. The first-order valence-corrected chi connectivity index (χ1v) is 7.95. The number of benzene rings is 1. The molecule has 1 aromatic carbocycles. The van der Waals surface area contributed by atoms with Gasteiger partial charge in [-0.3, -0.25) is 4.79 Å². The van der Waals surface area contributed by atoms with Gasteiger partial charge in [-0.2, -0.15) is 0 Å². The van der Waals surface area contributed by atoms with Gasteiger partial charge >= 0.3 is 0 Å². The molecule has 4 nitrogen and oxygen atoms in total. The molecule has 1 unspecified atom stereocenters. The van der Waals surface area contributed by atoms with Crippen LogP contribution >= 0.6 is 11.3 Å². The van der Waals surface area contributed by atoms with Gasteiger partial charge in [0.25, 0.3) is 0 Å². The van der Waals surface area contributed by atoms with E-state index in [-0.39, 0.29) is 11.8 Å². The van der Waals surface area contributed by atoms with Crippen LogP contribution in [0.4, 0.5) is 5.69 Å². The minimum absolute atomic E-state index is 0.0487. The Morgan fingerprint density at radius 3 is 2.71 bits per heavy atom. The third-order valence-electron chi connectivity index (χ3n) is 3.38. The Balaban J connectivity index is 1.82. The lowest BCUT2D eigenvalue weighted by Crippen LogP contribution is -2.23. The van der Waals surface area contributed by atoms with Crippen LogP contribution < -0.4 is 11.1 Å². The highest BCUT2D eigenvalue weighted by molar-refractivity contribution is 7.11. The fourth-order valence-corrected chi connectivity index (χ4v) is 2.86. The zero-order chi connectivity index (χ0) is 15.2. The van der Waals surface area contributed by atoms with Gasteiger partial charge in [-0.1, -0.05) is 26.0 Å². The number of nitrogen functional groups attached to an aromatic ring is 1. The number of anilines is 1. The van der Waals surface area contributed by atoms with Crippen molar-refractivity contribution in [3.63, 3.8) is 0 Å². The van der Waals surface area contributed by atoms with E-state index in [9.17, 15) is 4.79 Å². The molecule has 3 N–H and O–H groups in total. The molecule has 0 radical (unpaired) electrons. The molecule has 0 spiro atoms. The normalized spacial score (nSPS) is 12.1. The van der Waals surface area contributed by atoms with Crippen molar-refractivity contribution in [3.8, 4) is 0 Å². The Hall–Kier alpha value is -1.88. The van der Waals surface area contributed by atoms with Gasteiger partial charge in [0.15, 0.2) is 0 Å². The molecular weight excluding hydrogens is 282 g/mol. The third kappa shape index (κ3) is 4.56. The standard InChI is InChI=1S/C16H21N3OS/c1-3-14-9-19-16(21-14)10-18-15(20)8-11(2)12-4-6-13(17)7-5-12/h4-7,9,11H,3,8,10,17H2,1-2H3,(H,18,20). The molecule has 0 aliphatic heterocycles. The highest BCUT2D eigenvalue weighted by Crippen LogP contribution is 2.20.